The second kappa shape index (κ2) is 8.76. The van der Waals surface area contributed by atoms with Crippen molar-refractivity contribution in [2.45, 2.75) is 0 Å². The van der Waals surface area contributed by atoms with Gasteiger partial charge in [0.1, 0.15) is 0 Å². The van der Waals surface area contributed by atoms with E-state index in [2.05, 4.69) is 108 Å². The van der Waals surface area contributed by atoms with E-state index in [0.717, 1.165) is 0 Å². The lowest BCUT2D eigenvalue weighted by Crippen LogP contribution is -1.80. The molecule has 0 fully saturated rings. The molecule has 4 aromatic carbocycles. The average Bonchev–Trinajstić information content (AvgIpc) is 3.70. The minimum absolute atomic E-state index is 1.29. The fraction of sp³-hybridized carbons (Fsp3) is 0. The van der Waals surface area contributed by atoms with Gasteiger partial charge in [0.15, 0.2) is 0 Å². The highest BCUT2D eigenvalue weighted by Crippen LogP contribution is 2.51. The van der Waals surface area contributed by atoms with Gasteiger partial charge in [-0.2, -0.15) is 0 Å². The number of thiophene rings is 3. The quantitative estimate of drug-likeness (QED) is 0.196. The second-order valence-electron chi connectivity index (χ2n) is 8.90. The highest BCUT2D eigenvalue weighted by molar-refractivity contribution is 7.39. The van der Waals surface area contributed by atoms with Crippen LogP contribution in [0.25, 0.3) is 70.6 Å². The zero-order valence-electron chi connectivity index (χ0n) is 19.4. The van der Waals surface area contributed by atoms with E-state index in [1.807, 2.05) is 56.7 Å². The van der Waals surface area contributed by atoms with Gasteiger partial charge < -0.3 is 0 Å². The molecule has 0 spiro atoms. The third-order valence-corrected chi connectivity index (χ3v) is 12.8. The van der Waals surface area contributed by atoms with Crippen molar-refractivity contribution in [1.29, 1.82) is 0 Å². The molecule has 0 saturated carbocycles. The Bertz CT molecular complexity index is 1980. The van der Waals surface area contributed by atoms with Crippen LogP contribution in [-0.2, 0) is 0 Å². The van der Waals surface area contributed by atoms with E-state index < -0.39 is 0 Å². The predicted molar refractivity (Wildman–Crippen MR) is 172 cm³/mol. The summed E-state index contributed by atoms with van der Waals surface area (Å²) in [6.45, 7) is 0. The highest BCUT2D eigenvalue weighted by Gasteiger charge is 2.18. The summed E-state index contributed by atoms with van der Waals surface area (Å²) in [4.78, 5) is 5.46. The molecular formula is C32H18S5. The van der Waals surface area contributed by atoms with Crippen LogP contribution >= 0.6 is 56.7 Å². The monoisotopic (exact) mass is 562 g/mol. The molecule has 0 bridgehead atoms. The first-order valence-electron chi connectivity index (χ1n) is 12.0. The van der Waals surface area contributed by atoms with Crippen LogP contribution in [-0.4, -0.2) is 0 Å². The van der Waals surface area contributed by atoms with E-state index in [9.17, 15) is 0 Å². The molecular weight excluding hydrogens is 545 g/mol. The fourth-order valence-corrected chi connectivity index (χ4v) is 11.1. The molecule has 4 aromatic heterocycles. The summed E-state index contributed by atoms with van der Waals surface area (Å²) in [6, 6.07) is 35.8. The molecule has 0 aliphatic rings. The fourth-order valence-electron chi connectivity index (χ4n) is 5.14. The maximum Gasteiger partial charge on any atom is 0.0650 e. The van der Waals surface area contributed by atoms with Crippen LogP contribution < -0.4 is 0 Å². The first kappa shape index (κ1) is 22.0. The van der Waals surface area contributed by atoms with Gasteiger partial charge in [-0.25, -0.2) is 0 Å². The van der Waals surface area contributed by atoms with Gasteiger partial charge in [-0.05, 0) is 56.6 Å². The number of hydrogen-bond donors (Lipinski definition) is 0. The van der Waals surface area contributed by atoms with E-state index in [1.165, 1.54) is 70.6 Å². The lowest BCUT2D eigenvalue weighted by atomic mass is 9.99. The van der Waals surface area contributed by atoms with E-state index in [4.69, 9.17) is 0 Å². The molecule has 176 valence electrons. The van der Waals surface area contributed by atoms with Gasteiger partial charge in [0.2, 0.25) is 0 Å². The van der Waals surface area contributed by atoms with E-state index in [0.29, 0.717) is 0 Å². The van der Waals surface area contributed by atoms with Crippen molar-refractivity contribution in [3.8, 4) is 19.5 Å². The Morgan fingerprint density at radius 2 is 0.892 bits per heavy atom. The normalized spacial score (nSPS) is 11.8. The summed E-state index contributed by atoms with van der Waals surface area (Å²) >= 11 is 9.51. The molecule has 8 aromatic rings. The van der Waals surface area contributed by atoms with Gasteiger partial charge in [0, 0.05) is 29.9 Å². The van der Waals surface area contributed by atoms with Crippen LogP contribution in [0.2, 0.25) is 0 Å². The van der Waals surface area contributed by atoms with E-state index >= 15 is 0 Å². The van der Waals surface area contributed by atoms with Crippen LogP contribution in [0.4, 0.5) is 0 Å². The Morgan fingerprint density at radius 3 is 1.35 bits per heavy atom. The molecule has 0 atom stereocenters. The van der Waals surface area contributed by atoms with Gasteiger partial charge in [0.25, 0.3) is 0 Å². The predicted octanol–water partition coefficient (Wildman–Crippen LogP) is 12.2. The first-order valence-corrected chi connectivity index (χ1v) is 16.2. The SMILES string of the molecule is c1csc(-c2sc(-c3cccs3)c3sc4ccc5ccccc5c4c4c(ccc5ccccc54)sc23)c1. The molecule has 4 heterocycles. The summed E-state index contributed by atoms with van der Waals surface area (Å²) in [5, 5.41) is 12.3. The molecule has 0 unspecified atom stereocenters. The molecule has 0 nitrogen and oxygen atoms in total. The molecule has 0 aliphatic heterocycles. The third-order valence-electron chi connectivity index (χ3n) is 6.77. The van der Waals surface area contributed by atoms with Gasteiger partial charge in [0.05, 0.1) is 19.2 Å². The zero-order valence-corrected chi connectivity index (χ0v) is 23.5. The molecule has 5 heteroatoms. The van der Waals surface area contributed by atoms with Crippen LogP contribution in [0.3, 0.4) is 0 Å². The summed E-state index contributed by atoms with van der Waals surface area (Å²) in [7, 11) is 0. The van der Waals surface area contributed by atoms with Crippen LogP contribution in [0.15, 0.2) is 108 Å². The van der Waals surface area contributed by atoms with Crippen molar-refractivity contribution in [3.63, 3.8) is 0 Å². The maximum absolute atomic E-state index is 2.34. The Balaban J connectivity index is 1.69. The lowest BCUT2D eigenvalue weighted by molar-refractivity contribution is 1.81. The van der Waals surface area contributed by atoms with Crippen molar-refractivity contribution >= 4 is 108 Å². The van der Waals surface area contributed by atoms with Gasteiger partial charge in [-0.15, -0.1) is 56.7 Å². The molecule has 37 heavy (non-hydrogen) atoms. The lowest BCUT2D eigenvalue weighted by Gasteiger charge is -2.09. The van der Waals surface area contributed by atoms with Crippen molar-refractivity contribution in [1.82, 2.24) is 0 Å². The largest absolute Gasteiger partial charge is 0.143 e. The standard InChI is InChI=1S/C32H18S5/c1-3-9-21-19(7-1)13-15-23-27(21)28-22-10-4-2-8-20(22)14-16-24(28)36-32-30(26-12-6-18-34-26)37-29(31(32)35-23)25-11-5-17-33-25/h1-18H. The number of benzene rings is 4. The molecule has 8 rings (SSSR count). The highest BCUT2D eigenvalue weighted by atomic mass is 32.1. The summed E-state index contributed by atoms with van der Waals surface area (Å²) in [6.07, 6.45) is 0. The topological polar surface area (TPSA) is 0 Å². The van der Waals surface area contributed by atoms with Crippen LogP contribution in [0.5, 0.6) is 0 Å². The summed E-state index contributed by atoms with van der Waals surface area (Å²) in [5.74, 6) is 0. The molecule has 0 saturated heterocycles. The van der Waals surface area contributed by atoms with Gasteiger partial charge in [-0.3, -0.25) is 0 Å². The molecule has 0 N–H and O–H groups in total. The van der Waals surface area contributed by atoms with Crippen LogP contribution in [0, 0.1) is 0 Å². The van der Waals surface area contributed by atoms with Crippen LogP contribution in [0.1, 0.15) is 0 Å². The summed E-state index contributed by atoms with van der Waals surface area (Å²) in [5.41, 5.74) is 0. The van der Waals surface area contributed by atoms with Gasteiger partial charge in [-0.1, -0.05) is 72.8 Å². The van der Waals surface area contributed by atoms with Crippen molar-refractivity contribution in [3.05, 3.63) is 108 Å². The Morgan fingerprint density at radius 1 is 0.405 bits per heavy atom. The third kappa shape index (κ3) is 3.50. The maximum atomic E-state index is 2.34. The minimum atomic E-state index is 1.29. The minimum Gasteiger partial charge on any atom is -0.143 e. The smallest absolute Gasteiger partial charge is 0.0650 e. The van der Waals surface area contributed by atoms with Gasteiger partial charge >= 0.3 is 0 Å². The number of fused-ring (bicyclic) bond motifs is 8. The Labute approximate surface area is 233 Å². The number of rotatable bonds is 2. The van der Waals surface area contributed by atoms with E-state index in [-0.39, 0.29) is 0 Å². The first-order chi connectivity index (χ1) is 18.3. The van der Waals surface area contributed by atoms with Crippen molar-refractivity contribution < 1.29 is 0 Å². The molecule has 0 radical (unpaired) electrons. The second-order valence-corrected chi connectivity index (χ2v) is 13.9. The number of hydrogen-bond acceptors (Lipinski definition) is 5. The van der Waals surface area contributed by atoms with Crippen molar-refractivity contribution in [2.75, 3.05) is 0 Å². The Kier molecular flexibility index (Phi) is 5.20. The Hall–Kier alpha value is -3.06. The summed E-state index contributed by atoms with van der Waals surface area (Å²) < 4.78 is 5.42. The molecule has 0 aliphatic carbocycles. The molecule has 0 amide bonds. The van der Waals surface area contributed by atoms with Crippen molar-refractivity contribution in [2.24, 2.45) is 0 Å². The average molecular weight is 563 g/mol. The zero-order chi connectivity index (χ0) is 24.3. The van der Waals surface area contributed by atoms with E-state index in [1.54, 1.807) is 0 Å².